The lowest BCUT2D eigenvalue weighted by molar-refractivity contribution is 0.178. The van der Waals surface area contributed by atoms with Crippen LogP contribution >= 0.6 is 0 Å². The van der Waals surface area contributed by atoms with Gasteiger partial charge in [-0.15, -0.1) is 0 Å². The lowest BCUT2D eigenvalue weighted by atomic mass is 10.1. The summed E-state index contributed by atoms with van der Waals surface area (Å²) in [6.07, 6.45) is 3.83. The minimum absolute atomic E-state index is 0.267. The predicted octanol–water partition coefficient (Wildman–Crippen LogP) is 3.45. The normalized spacial score (nSPS) is 22.3. The molecule has 2 atom stereocenters. The molecule has 1 aliphatic rings. The zero-order valence-corrected chi connectivity index (χ0v) is 12.2. The van der Waals surface area contributed by atoms with Gasteiger partial charge < -0.3 is 10.1 Å². The molecule has 0 saturated heterocycles. The zero-order valence-electron chi connectivity index (χ0n) is 12.2. The molecule has 20 heavy (non-hydrogen) atoms. The van der Waals surface area contributed by atoms with Gasteiger partial charge >= 0.3 is 0 Å². The van der Waals surface area contributed by atoms with Crippen LogP contribution in [0.25, 0.3) is 10.9 Å². The molecule has 1 aromatic heterocycles. The van der Waals surface area contributed by atoms with Crippen molar-refractivity contribution in [1.82, 2.24) is 10.3 Å². The molecule has 1 fully saturated rings. The van der Waals surface area contributed by atoms with Crippen molar-refractivity contribution < 1.29 is 4.74 Å². The van der Waals surface area contributed by atoms with Crippen LogP contribution in [0, 0.1) is 6.92 Å². The molecule has 1 aliphatic carbocycles. The van der Waals surface area contributed by atoms with Crippen LogP contribution in [-0.2, 0) is 0 Å². The van der Waals surface area contributed by atoms with E-state index in [2.05, 4.69) is 29.4 Å². The molecule has 0 aliphatic heterocycles. The summed E-state index contributed by atoms with van der Waals surface area (Å²) in [5.41, 5.74) is 2.01. The average molecular weight is 270 g/mol. The Balaban J connectivity index is 1.88. The number of nitrogens with one attached hydrogen (secondary N) is 1. The van der Waals surface area contributed by atoms with Crippen LogP contribution in [0.5, 0.6) is 5.75 Å². The number of hydrogen-bond donors (Lipinski definition) is 1. The predicted molar refractivity (Wildman–Crippen MR) is 82.2 cm³/mol. The highest BCUT2D eigenvalue weighted by Gasteiger charge is 2.28. The van der Waals surface area contributed by atoms with Crippen molar-refractivity contribution in [2.75, 3.05) is 6.54 Å². The second kappa shape index (κ2) is 5.80. The SMILES string of the molecule is CCNC1CCCC1Oc1cccc2ccc(C)nc12. The van der Waals surface area contributed by atoms with Crippen molar-refractivity contribution in [2.24, 2.45) is 0 Å². The first-order chi connectivity index (χ1) is 9.78. The van der Waals surface area contributed by atoms with Gasteiger partial charge in [0.2, 0.25) is 0 Å². The molecule has 106 valence electrons. The van der Waals surface area contributed by atoms with Crippen molar-refractivity contribution in [3.63, 3.8) is 0 Å². The van der Waals surface area contributed by atoms with E-state index in [1.165, 1.54) is 12.8 Å². The Bertz CT molecular complexity index is 597. The fourth-order valence-electron chi connectivity index (χ4n) is 3.04. The maximum Gasteiger partial charge on any atom is 0.146 e. The third-order valence-electron chi connectivity index (χ3n) is 4.02. The molecule has 2 aromatic rings. The molecular weight excluding hydrogens is 248 g/mol. The first-order valence-corrected chi connectivity index (χ1v) is 7.54. The van der Waals surface area contributed by atoms with Crippen LogP contribution in [-0.4, -0.2) is 23.7 Å². The first-order valence-electron chi connectivity index (χ1n) is 7.54. The number of rotatable bonds is 4. The summed E-state index contributed by atoms with van der Waals surface area (Å²) in [6, 6.07) is 10.8. The van der Waals surface area contributed by atoms with E-state index >= 15 is 0 Å². The van der Waals surface area contributed by atoms with Gasteiger partial charge in [0.05, 0.1) is 0 Å². The molecule has 3 heteroatoms. The largest absolute Gasteiger partial charge is 0.487 e. The van der Waals surface area contributed by atoms with Crippen LogP contribution in [0.4, 0.5) is 0 Å². The second-order valence-corrected chi connectivity index (χ2v) is 5.53. The minimum atomic E-state index is 0.267. The standard InChI is InChI=1S/C17H22N2O/c1-3-18-14-7-5-8-15(14)20-16-9-4-6-13-11-10-12(2)19-17(13)16/h4,6,9-11,14-15,18H,3,5,7-8H2,1-2H3. The fourth-order valence-corrected chi connectivity index (χ4v) is 3.04. The lowest BCUT2D eigenvalue weighted by Crippen LogP contribution is -2.38. The molecule has 0 bridgehead atoms. The fraction of sp³-hybridized carbons (Fsp3) is 0.471. The molecule has 0 spiro atoms. The van der Waals surface area contributed by atoms with Crippen LogP contribution in [0.1, 0.15) is 31.9 Å². The molecule has 1 saturated carbocycles. The average Bonchev–Trinajstić information content (AvgIpc) is 2.87. The van der Waals surface area contributed by atoms with Gasteiger partial charge in [-0.05, 0) is 44.9 Å². The van der Waals surface area contributed by atoms with Gasteiger partial charge in [-0.1, -0.05) is 25.1 Å². The van der Waals surface area contributed by atoms with Crippen LogP contribution < -0.4 is 10.1 Å². The molecule has 1 aromatic carbocycles. The van der Waals surface area contributed by atoms with Crippen molar-refractivity contribution in [3.8, 4) is 5.75 Å². The number of hydrogen-bond acceptors (Lipinski definition) is 3. The summed E-state index contributed by atoms with van der Waals surface area (Å²) < 4.78 is 6.28. The number of benzene rings is 1. The zero-order chi connectivity index (χ0) is 13.9. The van der Waals surface area contributed by atoms with Gasteiger partial charge in [-0.3, -0.25) is 0 Å². The number of para-hydroxylation sites is 1. The van der Waals surface area contributed by atoms with E-state index < -0.39 is 0 Å². The van der Waals surface area contributed by atoms with Gasteiger partial charge in [0.1, 0.15) is 17.4 Å². The maximum atomic E-state index is 6.28. The highest BCUT2D eigenvalue weighted by molar-refractivity contribution is 5.84. The molecule has 1 N–H and O–H groups in total. The van der Waals surface area contributed by atoms with E-state index in [-0.39, 0.29) is 6.10 Å². The van der Waals surface area contributed by atoms with Gasteiger partial charge in [-0.25, -0.2) is 4.98 Å². The topological polar surface area (TPSA) is 34.1 Å². The number of aromatic nitrogens is 1. The number of pyridine rings is 1. The molecule has 0 radical (unpaired) electrons. The molecule has 3 rings (SSSR count). The molecule has 3 nitrogen and oxygen atoms in total. The Morgan fingerprint density at radius 1 is 1.25 bits per heavy atom. The Kier molecular flexibility index (Phi) is 3.88. The Hall–Kier alpha value is -1.61. The highest BCUT2D eigenvalue weighted by Crippen LogP contribution is 2.29. The first kappa shape index (κ1) is 13.4. The van der Waals surface area contributed by atoms with Crippen LogP contribution in [0.15, 0.2) is 30.3 Å². The van der Waals surface area contributed by atoms with E-state index in [4.69, 9.17) is 4.74 Å². The van der Waals surface area contributed by atoms with Crippen molar-refractivity contribution >= 4 is 10.9 Å². The van der Waals surface area contributed by atoms with E-state index in [0.717, 1.165) is 35.3 Å². The molecule has 2 unspecified atom stereocenters. The highest BCUT2D eigenvalue weighted by atomic mass is 16.5. The smallest absolute Gasteiger partial charge is 0.146 e. The van der Waals surface area contributed by atoms with Crippen LogP contribution in [0.3, 0.4) is 0 Å². The quantitative estimate of drug-likeness (QED) is 0.924. The van der Waals surface area contributed by atoms with Gasteiger partial charge in [0.25, 0.3) is 0 Å². The summed E-state index contributed by atoms with van der Waals surface area (Å²) in [7, 11) is 0. The monoisotopic (exact) mass is 270 g/mol. The number of ether oxygens (including phenoxy) is 1. The van der Waals surface area contributed by atoms with E-state index in [1.807, 2.05) is 25.1 Å². The van der Waals surface area contributed by atoms with Crippen molar-refractivity contribution in [3.05, 3.63) is 36.0 Å². The van der Waals surface area contributed by atoms with Gasteiger partial charge in [0, 0.05) is 17.1 Å². The summed E-state index contributed by atoms with van der Waals surface area (Å²) in [5, 5.41) is 4.67. The summed E-state index contributed by atoms with van der Waals surface area (Å²) in [4.78, 5) is 4.64. The maximum absolute atomic E-state index is 6.28. The minimum Gasteiger partial charge on any atom is -0.487 e. The Morgan fingerprint density at radius 2 is 2.15 bits per heavy atom. The summed E-state index contributed by atoms with van der Waals surface area (Å²) in [5.74, 6) is 0.918. The number of aryl methyl sites for hydroxylation is 1. The lowest BCUT2D eigenvalue weighted by Gasteiger charge is -2.22. The van der Waals surface area contributed by atoms with Crippen molar-refractivity contribution in [1.29, 1.82) is 0 Å². The second-order valence-electron chi connectivity index (χ2n) is 5.53. The van der Waals surface area contributed by atoms with E-state index in [9.17, 15) is 0 Å². The van der Waals surface area contributed by atoms with Crippen LogP contribution in [0.2, 0.25) is 0 Å². The third kappa shape index (κ3) is 2.63. The van der Waals surface area contributed by atoms with Crippen molar-refractivity contribution in [2.45, 2.75) is 45.3 Å². The number of fused-ring (bicyclic) bond motifs is 1. The van der Waals surface area contributed by atoms with E-state index in [1.54, 1.807) is 0 Å². The third-order valence-corrected chi connectivity index (χ3v) is 4.02. The molecule has 0 amide bonds. The molecular formula is C17H22N2O. The number of likely N-dealkylation sites (N-methyl/N-ethyl adjacent to an activating group) is 1. The Morgan fingerprint density at radius 3 is 3.00 bits per heavy atom. The number of nitrogens with zero attached hydrogens (tertiary/aromatic N) is 1. The van der Waals surface area contributed by atoms with Gasteiger partial charge in [-0.2, -0.15) is 0 Å². The Labute approximate surface area is 120 Å². The van der Waals surface area contributed by atoms with Gasteiger partial charge in [0.15, 0.2) is 0 Å². The molecule has 1 heterocycles. The summed E-state index contributed by atoms with van der Waals surface area (Å²) >= 11 is 0. The summed E-state index contributed by atoms with van der Waals surface area (Å²) in [6.45, 7) is 5.17. The van der Waals surface area contributed by atoms with E-state index in [0.29, 0.717) is 6.04 Å².